The Morgan fingerprint density at radius 1 is 0.737 bits per heavy atom. The number of carbonyl (C=O) groups is 2. The van der Waals surface area contributed by atoms with Crippen LogP contribution in [0.2, 0.25) is 10.0 Å². The average Bonchev–Trinajstić information content (AvgIpc) is 4.03. The number of aromatic nitrogens is 2. The zero-order valence-electron chi connectivity index (χ0n) is 46.0. The summed E-state index contributed by atoms with van der Waals surface area (Å²) in [4.78, 5) is 39.4. The van der Waals surface area contributed by atoms with E-state index in [1.807, 2.05) is 104 Å². The zero-order valence-corrected chi connectivity index (χ0v) is 50.8. The van der Waals surface area contributed by atoms with Crippen LogP contribution in [0.4, 0.5) is 9.59 Å². The number of aliphatic hydroxyl groups excluding tert-OH is 1. The maximum absolute atomic E-state index is 12.6. The number of morpholine rings is 2. The number of amides is 2. The van der Waals surface area contributed by atoms with Crippen molar-refractivity contribution in [1.29, 1.82) is 0 Å². The number of hydrogen-bond donors (Lipinski definition) is 1. The minimum atomic E-state index is -0.536. The van der Waals surface area contributed by atoms with Gasteiger partial charge in [0, 0.05) is 73.6 Å². The number of pyridine rings is 2. The molecule has 19 heteroatoms. The predicted molar refractivity (Wildman–Crippen MR) is 312 cm³/mol. The molecule has 76 heavy (non-hydrogen) atoms. The second kappa shape index (κ2) is 24.6. The topological polar surface area (TPSA) is 142 Å². The Morgan fingerprint density at radius 3 is 1.75 bits per heavy atom. The maximum Gasteiger partial charge on any atom is 0.496 e. The Hall–Kier alpha value is -3.88. The molecule has 2 aromatic carbocycles. The van der Waals surface area contributed by atoms with Crippen LogP contribution >= 0.6 is 61.8 Å². The second-order valence-electron chi connectivity index (χ2n) is 22.4. The Labute approximate surface area is 475 Å². The van der Waals surface area contributed by atoms with Crippen molar-refractivity contribution in [1.82, 2.24) is 19.8 Å². The van der Waals surface area contributed by atoms with Crippen molar-refractivity contribution in [3.8, 4) is 11.1 Å². The summed E-state index contributed by atoms with van der Waals surface area (Å²) < 4.78 is 38.4. The highest BCUT2D eigenvalue weighted by atomic mass is 79.9. The van der Waals surface area contributed by atoms with Gasteiger partial charge in [-0.15, -0.1) is 22.7 Å². The first kappa shape index (κ1) is 59.8. The van der Waals surface area contributed by atoms with Crippen molar-refractivity contribution in [2.45, 2.75) is 150 Å². The van der Waals surface area contributed by atoms with Gasteiger partial charge in [-0.2, -0.15) is 0 Å². The van der Waals surface area contributed by atoms with Crippen molar-refractivity contribution in [2.24, 2.45) is 0 Å². The summed E-state index contributed by atoms with van der Waals surface area (Å²) in [5.41, 5.74) is 7.88. The van der Waals surface area contributed by atoms with E-state index >= 15 is 0 Å². The van der Waals surface area contributed by atoms with Crippen LogP contribution in [0, 0.1) is 13.8 Å². The van der Waals surface area contributed by atoms with Crippen molar-refractivity contribution in [2.75, 3.05) is 39.4 Å². The normalized spacial score (nSPS) is 18.5. The van der Waals surface area contributed by atoms with Gasteiger partial charge < -0.3 is 43.2 Å². The molecule has 2 amide bonds. The van der Waals surface area contributed by atoms with Gasteiger partial charge in [0.25, 0.3) is 0 Å². The molecule has 9 rings (SSSR count). The molecule has 0 radical (unpaired) electrons. The molecule has 1 N–H and O–H groups in total. The number of nitrogens with zero attached hydrogens (tertiary/aromatic N) is 4. The molecule has 3 saturated heterocycles. The molecule has 3 fully saturated rings. The van der Waals surface area contributed by atoms with Crippen LogP contribution < -0.4 is 5.46 Å². The van der Waals surface area contributed by atoms with Crippen molar-refractivity contribution in [3.05, 3.63) is 107 Å². The first-order valence-corrected chi connectivity index (χ1v) is 29.0. The van der Waals surface area contributed by atoms with E-state index in [2.05, 4.69) is 66.6 Å². The van der Waals surface area contributed by atoms with Gasteiger partial charge in [0.05, 0.1) is 76.8 Å². The molecule has 0 bridgehead atoms. The monoisotopic (exact) mass is 1180 g/mol. The summed E-state index contributed by atoms with van der Waals surface area (Å²) in [7, 11) is -0.311. The highest BCUT2D eigenvalue weighted by Crippen LogP contribution is 2.40. The average molecular weight is 1180 g/mol. The Bertz CT molecular complexity index is 2990. The van der Waals surface area contributed by atoms with E-state index < -0.39 is 11.2 Å². The summed E-state index contributed by atoms with van der Waals surface area (Å²) in [6.45, 7) is 28.8. The fraction of sp³-hybridized carbons (Fsp3) is 0.509. The fourth-order valence-electron chi connectivity index (χ4n) is 9.02. The van der Waals surface area contributed by atoms with Gasteiger partial charge in [-0.3, -0.25) is 9.97 Å². The molecule has 2 unspecified atom stereocenters. The third-order valence-corrected chi connectivity index (χ3v) is 17.1. The van der Waals surface area contributed by atoms with Crippen LogP contribution in [0.1, 0.15) is 108 Å². The fourth-order valence-corrected chi connectivity index (χ4v) is 12.5. The molecule has 410 valence electrons. The lowest BCUT2D eigenvalue weighted by atomic mass is 9.79. The van der Waals surface area contributed by atoms with E-state index in [0.29, 0.717) is 55.9 Å². The van der Waals surface area contributed by atoms with Crippen LogP contribution in [0.3, 0.4) is 0 Å². The number of aliphatic hydroxyl groups is 1. The Kier molecular flexibility index (Phi) is 19.4. The van der Waals surface area contributed by atoms with E-state index in [1.54, 1.807) is 27.3 Å². The summed E-state index contributed by atoms with van der Waals surface area (Å²) in [5.74, 6) is 0. The largest absolute Gasteiger partial charge is 0.496 e. The van der Waals surface area contributed by atoms with Gasteiger partial charge in [0.1, 0.15) is 11.2 Å². The molecule has 0 aliphatic carbocycles. The van der Waals surface area contributed by atoms with Crippen LogP contribution in [0.5, 0.6) is 0 Å². The number of aryl methyl sites for hydroxylation is 3. The summed E-state index contributed by atoms with van der Waals surface area (Å²) >= 11 is 19.4. The Balaban J connectivity index is 0.000000172. The van der Waals surface area contributed by atoms with Crippen molar-refractivity contribution in [3.63, 3.8) is 0 Å². The molecule has 2 atom stereocenters. The SMILES string of the molecule is CCc1cc2nccc(B3OC(C)(C)C(C)(C)O3)c2s1.Cc1cc(Cl)cc(-c2ccnc3cc(CO)sc23)c1CC1CN(C(=O)OC(C)(C)C)CCO1.Cc1cc(Cl)cc(Br)c1CC1CN(C(=O)OC(C)(C)C)CCO1. The lowest BCUT2D eigenvalue weighted by Crippen LogP contribution is -2.48. The smallest absolute Gasteiger partial charge is 0.444 e. The summed E-state index contributed by atoms with van der Waals surface area (Å²) in [5, 5.41) is 11.0. The number of thiophene rings is 2. The summed E-state index contributed by atoms with van der Waals surface area (Å²) in [6, 6.07) is 15.8. The molecule has 4 aromatic heterocycles. The van der Waals surface area contributed by atoms with E-state index in [-0.39, 0.29) is 49.3 Å². The van der Waals surface area contributed by atoms with Crippen LogP contribution in [0.15, 0.2) is 65.4 Å². The van der Waals surface area contributed by atoms with E-state index in [0.717, 1.165) is 76.8 Å². The number of fused-ring (bicyclic) bond motifs is 2. The second-order valence-corrected chi connectivity index (χ2v) is 26.4. The molecular weight excluding hydrogens is 1110 g/mol. The molecule has 6 aromatic rings. The first-order chi connectivity index (χ1) is 35.6. The Morgan fingerprint density at radius 2 is 1.22 bits per heavy atom. The third-order valence-electron chi connectivity index (χ3n) is 13.5. The van der Waals surface area contributed by atoms with Gasteiger partial charge in [-0.25, -0.2) is 9.59 Å². The summed E-state index contributed by atoms with van der Waals surface area (Å²) in [6.07, 6.45) is 5.23. The quantitative estimate of drug-likeness (QED) is 0.146. The van der Waals surface area contributed by atoms with Gasteiger partial charge in [-0.1, -0.05) is 46.1 Å². The zero-order chi connectivity index (χ0) is 55.5. The molecule has 3 aliphatic heterocycles. The van der Waals surface area contributed by atoms with E-state index in [4.69, 9.17) is 51.5 Å². The van der Waals surface area contributed by atoms with Crippen LogP contribution in [-0.2, 0) is 54.1 Å². The van der Waals surface area contributed by atoms with Crippen LogP contribution in [0.25, 0.3) is 31.6 Å². The third kappa shape index (κ3) is 15.1. The molecular formula is C57H72BBrCl2N4O9S2. The van der Waals surface area contributed by atoms with Gasteiger partial charge in [-0.05, 0) is 166 Å². The van der Waals surface area contributed by atoms with Gasteiger partial charge >= 0.3 is 19.3 Å². The molecule has 0 saturated carbocycles. The standard InChI is InChI=1S/C25H29ClN2O4S.C17H23BrClNO3.C15H20BNO2S/c1-15-9-16(26)10-21(19-5-6-27-22-12-18(14-29)33-23(19)22)20(15)11-17-13-28(7-8-31-17)24(30)32-25(2,3)4;1-11-7-12(19)8-15(18)14(11)9-13-10-20(5-6-22-13)16(21)23-17(2,3)4;1-6-10-9-12-13(20-10)11(7-8-17-12)16-18-14(2,3)15(4,5)19-16/h5-6,9-10,12,17,29H,7-8,11,13-14H2,1-4H3;7-8,13H,5-6,9-10H2,1-4H3;7-9H,6H2,1-5H3. The molecule has 13 nitrogen and oxygen atoms in total. The first-order valence-electron chi connectivity index (χ1n) is 25.8. The minimum Gasteiger partial charge on any atom is -0.444 e. The lowest BCUT2D eigenvalue weighted by Gasteiger charge is -2.34. The highest BCUT2D eigenvalue weighted by Gasteiger charge is 2.52. The van der Waals surface area contributed by atoms with Crippen molar-refractivity contribution < 1.29 is 43.0 Å². The minimum absolute atomic E-state index is 0.0156. The highest BCUT2D eigenvalue weighted by molar-refractivity contribution is 9.10. The lowest BCUT2D eigenvalue weighted by molar-refractivity contribution is -0.0416. The predicted octanol–water partition coefficient (Wildman–Crippen LogP) is 13.3. The van der Waals surface area contributed by atoms with Gasteiger partial charge in [0.15, 0.2) is 0 Å². The van der Waals surface area contributed by atoms with Crippen molar-refractivity contribution >= 4 is 107 Å². The van der Waals surface area contributed by atoms with E-state index in [1.165, 1.54) is 20.9 Å². The number of ether oxygens (including phenoxy) is 4. The molecule has 7 heterocycles. The number of benzene rings is 2. The van der Waals surface area contributed by atoms with Crippen LogP contribution in [-0.4, -0.2) is 118 Å². The maximum atomic E-state index is 12.6. The number of halogens is 3. The molecule has 0 spiro atoms. The van der Waals surface area contributed by atoms with E-state index in [9.17, 15) is 14.7 Å². The molecule has 3 aliphatic rings. The number of hydrogen-bond acceptors (Lipinski definition) is 13. The number of rotatable bonds is 8. The van der Waals surface area contributed by atoms with Gasteiger partial charge in [0.2, 0.25) is 0 Å². The number of carbonyl (C=O) groups excluding carboxylic acids is 2.